The first-order valence-electron chi connectivity index (χ1n) is 6.31. The Morgan fingerprint density at radius 2 is 2.26 bits per heavy atom. The maximum Gasteiger partial charge on any atom is 0.160 e. The van der Waals surface area contributed by atoms with Crippen molar-refractivity contribution in [2.75, 3.05) is 0 Å². The van der Waals surface area contributed by atoms with Crippen molar-refractivity contribution in [3.63, 3.8) is 0 Å². The third kappa shape index (κ3) is 2.90. The highest BCUT2D eigenvalue weighted by Gasteiger charge is 2.19. The third-order valence-corrected chi connectivity index (χ3v) is 3.07. The van der Waals surface area contributed by atoms with E-state index in [9.17, 15) is 4.79 Å². The SMILES string of the molecule is CCn1nc(C)cc1CC(=O)C(N)c1cnn(C)c1. The van der Waals surface area contributed by atoms with Crippen molar-refractivity contribution in [3.8, 4) is 0 Å². The zero-order valence-corrected chi connectivity index (χ0v) is 11.5. The second kappa shape index (κ2) is 5.36. The van der Waals surface area contributed by atoms with Crippen molar-refractivity contribution in [2.45, 2.75) is 32.9 Å². The Bertz CT molecular complexity index is 584. The minimum absolute atomic E-state index is 0.0254. The van der Waals surface area contributed by atoms with Crippen LogP contribution in [-0.4, -0.2) is 25.3 Å². The van der Waals surface area contributed by atoms with E-state index in [1.807, 2.05) is 24.6 Å². The molecule has 2 aromatic rings. The maximum absolute atomic E-state index is 12.2. The van der Waals surface area contributed by atoms with Crippen LogP contribution in [0.4, 0.5) is 0 Å². The first-order valence-corrected chi connectivity index (χ1v) is 6.31. The number of hydrogen-bond acceptors (Lipinski definition) is 4. The van der Waals surface area contributed by atoms with Gasteiger partial charge in [-0.25, -0.2) is 0 Å². The number of nitrogens with two attached hydrogens (primary N) is 1. The fourth-order valence-corrected chi connectivity index (χ4v) is 2.09. The van der Waals surface area contributed by atoms with Crippen LogP contribution in [0.2, 0.25) is 0 Å². The normalized spacial score (nSPS) is 12.6. The quantitative estimate of drug-likeness (QED) is 0.861. The number of Topliss-reactive ketones (excluding diaryl/α,β-unsaturated/α-hetero) is 1. The average Bonchev–Trinajstić information content (AvgIpc) is 2.94. The van der Waals surface area contributed by atoms with Gasteiger partial charge in [0.1, 0.15) is 0 Å². The second-order valence-corrected chi connectivity index (χ2v) is 4.66. The summed E-state index contributed by atoms with van der Waals surface area (Å²) in [7, 11) is 1.80. The number of rotatable bonds is 5. The van der Waals surface area contributed by atoms with Crippen molar-refractivity contribution in [1.29, 1.82) is 0 Å². The molecule has 0 bridgehead atoms. The fraction of sp³-hybridized carbons (Fsp3) is 0.462. The predicted molar refractivity (Wildman–Crippen MR) is 71.5 cm³/mol. The molecule has 19 heavy (non-hydrogen) atoms. The summed E-state index contributed by atoms with van der Waals surface area (Å²) in [6, 6.07) is 1.30. The Morgan fingerprint density at radius 1 is 1.53 bits per heavy atom. The molecule has 6 nitrogen and oxygen atoms in total. The first kappa shape index (κ1) is 13.5. The predicted octanol–water partition coefficient (Wildman–Crippen LogP) is 0.757. The molecule has 0 fully saturated rings. The highest BCUT2D eigenvalue weighted by atomic mass is 16.1. The molecule has 0 aliphatic carbocycles. The summed E-state index contributed by atoms with van der Waals surface area (Å²) < 4.78 is 3.48. The summed E-state index contributed by atoms with van der Waals surface area (Å²) >= 11 is 0. The van der Waals surface area contributed by atoms with E-state index in [0.29, 0.717) is 6.42 Å². The van der Waals surface area contributed by atoms with Crippen LogP contribution < -0.4 is 5.73 Å². The zero-order valence-electron chi connectivity index (χ0n) is 11.5. The molecule has 2 N–H and O–H groups in total. The topological polar surface area (TPSA) is 78.7 Å². The van der Waals surface area contributed by atoms with Gasteiger partial charge in [0.15, 0.2) is 5.78 Å². The van der Waals surface area contributed by atoms with Crippen molar-refractivity contribution in [2.24, 2.45) is 12.8 Å². The number of nitrogens with zero attached hydrogens (tertiary/aromatic N) is 4. The summed E-state index contributed by atoms with van der Waals surface area (Å²) in [5.74, 6) is -0.0254. The van der Waals surface area contributed by atoms with Crippen LogP contribution in [0.3, 0.4) is 0 Å². The highest BCUT2D eigenvalue weighted by molar-refractivity contribution is 5.86. The van der Waals surface area contributed by atoms with Gasteiger partial charge in [-0.05, 0) is 19.9 Å². The van der Waals surface area contributed by atoms with E-state index in [1.54, 1.807) is 24.1 Å². The molecule has 2 aromatic heterocycles. The molecule has 0 aromatic carbocycles. The van der Waals surface area contributed by atoms with Crippen LogP contribution in [0, 0.1) is 6.92 Å². The molecule has 1 atom stereocenters. The summed E-state index contributed by atoms with van der Waals surface area (Å²) in [5.41, 5.74) is 8.53. The van der Waals surface area contributed by atoms with Crippen LogP contribution in [0.15, 0.2) is 18.5 Å². The first-order chi connectivity index (χ1) is 9.01. The number of aryl methyl sites for hydroxylation is 3. The van der Waals surface area contributed by atoms with E-state index in [0.717, 1.165) is 23.5 Å². The molecular weight excluding hydrogens is 242 g/mol. The number of carbonyl (C=O) groups is 1. The highest BCUT2D eigenvalue weighted by Crippen LogP contribution is 2.14. The molecule has 0 saturated heterocycles. The molecule has 6 heteroatoms. The Balaban J connectivity index is 2.12. The maximum atomic E-state index is 12.2. The lowest BCUT2D eigenvalue weighted by atomic mass is 10.0. The fourth-order valence-electron chi connectivity index (χ4n) is 2.09. The molecule has 0 aliphatic rings. The lowest BCUT2D eigenvalue weighted by Gasteiger charge is -2.09. The molecule has 0 aliphatic heterocycles. The minimum atomic E-state index is -0.630. The summed E-state index contributed by atoms with van der Waals surface area (Å²) in [6.07, 6.45) is 3.70. The molecule has 2 rings (SSSR count). The van der Waals surface area contributed by atoms with E-state index >= 15 is 0 Å². The Morgan fingerprint density at radius 3 is 2.84 bits per heavy atom. The van der Waals surface area contributed by atoms with Gasteiger partial charge in [0.2, 0.25) is 0 Å². The molecule has 0 spiro atoms. The van der Waals surface area contributed by atoms with Crippen molar-refractivity contribution in [1.82, 2.24) is 19.6 Å². The summed E-state index contributed by atoms with van der Waals surface area (Å²) in [4.78, 5) is 12.2. The monoisotopic (exact) mass is 261 g/mol. The van der Waals surface area contributed by atoms with Crippen LogP contribution in [-0.2, 0) is 24.8 Å². The van der Waals surface area contributed by atoms with Crippen LogP contribution in [0.25, 0.3) is 0 Å². The zero-order chi connectivity index (χ0) is 14.0. The van der Waals surface area contributed by atoms with Gasteiger partial charge in [0.05, 0.1) is 24.4 Å². The Kier molecular flexibility index (Phi) is 3.80. The smallest absolute Gasteiger partial charge is 0.160 e. The standard InChI is InChI=1S/C13H19N5O/c1-4-18-11(5-9(2)16-18)6-12(19)13(14)10-7-15-17(3)8-10/h5,7-8,13H,4,6,14H2,1-3H3. The van der Waals surface area contributed by atoms with Gasteiger partial charge in [0.25, 0.3) is 0 Å². The van der Waals surface area contributed by atoms with Crippen LogP contribution in [0.5, 0.6) is 0 Å². The number of hydrogen-bond donors (Lipinski definition) is 1. The number of carbonyl (C=O) groups excluding carboxylic acids is 1. The molecule has 1 unspecified atom stereocenters. The number of aromatic nitrogens is 4. The van der Waals surface area contributed by atoms with Crippen LogP contribution >= 0.6 is 0 Å². The van der Waals surface area contributed by atoms with Gasteiger partial charge >= 0.3 is 0 Å². The van der Waals surface area contributed by atoms with Gasteiger partial charge in [-0.3, -0.25) is 14.2 Å². The average molecular weight is 261 g/mol. The van der Waals surface area contributed by atoms with Gasteiger partial charge in [-0.2, -0.15) is 10.2 Å². The Labute approximate surface area is 112 Å². The lowest BCUT2D eigenvalue weighted by Crippen LogP contribution is -2.23. The van der Waals surface area contributed by atoms with Crippen LogP contribution in [0.1, 0.15) is 29.9 Å². The minimum Gasteiger partial charge on any atom is -0.318 e. The van der Waals surface area contributed by atoms with E-state index in [-0.39, 0.29) is 5.78 Å². The Hall–Kier alpha value is -1.95. The molecule has 2 heterocycles. The van der Waals surface area contributed by atoms with E-state index < -0.39 is 6.04 Å². The van der Waals surface area contributed by atoms with Crippen molar-refractivity contribution in [3.05, 3.63) is 35.4 Å². The molecule has 0 radical (unpaired) electrons. The van der Waals surface area contributed by atoms with E-state index in [2.05, 4.69) is 10.2 Å². The van der Waals surface area contributed by atoms with Gasteiger partial charge in [0, 0.05) is 31.0 Å². The largest absolute Gasteiger partial charge is 0.318 e. The van der Waals surface area contributed by atoms with E-state index in [4.69, 9.17) is 5.73 Å². The number of ketones is 1. The summed E-state index contributed by atoms with van der Waals surface area (Å²) in [6.45, 7) is 4.67. The van der Waals surface area contributed by atoms with Gasteiger partial charge in [-0.1, -0.05) is 0 Å². The third-order valence-electron chi connectivity index (χ3n) is 3.07. The summed E-state index contributed by atoms with van der Waals surface area (Å²) in [5, 5.41) is 8.36. The molecular formula is C13H19N5O. The van der Waals surface area contributed by atoms with Gasteiger partial charge < -0.3 is 5.73 Å². The molecule has 0 amide bonds. The van der Waals surface area contributed by atoms with Gasteiger partial charge in [-0.15, -0.1) is 0 Å². The lowest BCUT2D eigenvalue weighted by molar-refractivity contribution is -0.119. The van der Waals surface area contributed by atoms with Crippen molar-refractivity contribution < 1.29 is 4.79 Å². The second-order valence-electron chi connectivity index (χ2n) is 4.66. The molecule has 102 valence electrons. The molecule has 0 saturated carbocycles. The van der Waals surface area contributed by atoms with Crippen molar-refractivity contribution >= 4 is 5.78 Å². The van der Waals surface area contributed by atoms with E-state index in [1.165, 1.54) is 0 Å².